The number of hydrogen-bond donors (Lipinski definition) is 0. The van der Waals surface area contributed by atoms with Gasteiger partial charge in [0.1, 0.15) is 16.7 Å². The minimum atomic E-state index is -0.114. The molecule has 0 saturated heterocycles. The third kappa shape index (κ3) is 4.22. The topological polar surface area (TPSA) is 42.4 Å². The van der Waals surface area contributed by atoms with Gasteiger partial charge in [-0.25, -0.2) is 4.98 Å². The van der Waals surface area contributed by atoms with Crippen LogP contribution in [0.4, 0.5) is 17.1 Å². The highest BCUT2D eigenvalue weighted by atomic mass is 32.1. The number of aromatic nitrogens is 1. The van der Waals surface area contributed by atoms with Crippen molar-refractivity contribution in [1.82, 2.24) is 4.98 Å². The van der Waals surface area contributed by atoms with E-state index < -0.39 is 0 Å². The van der Waals surface area contributed by atoms with Crippen LogP contribution < -0.4 is 4.90 Å². The molecule has 10 aromatic rings. The van der Waals surface area contributed by atoms with Gasteiger partial charge in [0, 0.05) is 71.1 Å². The number of anilines is 3. The lowest BCUT2D eigenvalue weighted by Gasteiger charge is -2.28. The molecule has 0 fully saturated rings. The lowest BCUT2D eigenvalue weighted by Crippen LogP contribution is -2.16. The largest absolute Gasteiger partial charge is 0.456 e. The molecule has 3 heterocycles. The fourth-order valence-electron chi connectivity index (χ4n) is 8.16. The molecule has 0 N–H and O–H groups in total. The summed E-state index contributed by atoms with van der Waals surface area (Å²) < 4.78 is 15.4. The van der Waals surface area contributed by atoms with Crippen molar-refractivity contribution < 1.29 is 8.83 Å². The summed E-state index contributed by atoms with van der Waals surface area (Å²) in [5.74, 6) is 0.608. The quantitative estimate of drug-likeness (QED) is 0.186. The van der Waals surface area contributed by atoms with Gasteiger partial charge in [0.25, 0.3) is 0 Å². The van der Waals surface area contributed by atoms with Gasteiger partial charge >= 0.3 is 0 Å². The second kappa shape index (κ2) is 10.4. The summed E-state index contributed by atoms with van der Waals surface area (Å²) in [7, 11) is 0. The van der Waals surface area contributed by atoms with E-state index in [1.54, 1.807) is 0 Å². The number of rotatable bonds is 4. The summed E-state index contributed by atoms with van der Waals surface area (Å²) in [6, 6.07) is 51.9. The first kappa shape index (κ1) is 28.6. The molecule has 51 heavy (non-hydrogen) atoms. The molecule has 0 saturated carbocycles. The number of nitrogens with zero attached hydrogens (tertiary/aromatic N) is 2. The Morgan fingerprint density at radius 1 is 0.510 bits per heavy atom. The number of thiophene rings is 1. The summed E-state index contributed by atoms with van der Waals surface area (Å²) in [4.78, 5) is 7.16. The van der Waals surface area contributed by atoms with Crippen molar-refractivity contribution in [2.24, 2.45) is 0 Å². The van der Waals surface area contributed by atoms with E-state index in [-0.39, 0.29) is 5.41 Å². The molecule has 11 rings (SSSR count). The molecular weight excluding hydrogens is 645 g/mol. The molecule has 1 aliphatic carbocycles. The van der Waals surface area contributed by atoms with E-state index >= 15 is 0 Å². The minimum absolute atomic E-state index is 0.114. The predicted molar refractivity (Wildman–Crippen MR) is 212 cm³/mol. The number of oxazole rings is 1. The monoisotopic (exact) mass is 674 g/mol. The number of hydrogen-bond acceptors (Lipinski definition) is 5. The van der Waals surface area contributed by atoms with E-state index in [9.17, 15) is 0 Å². The van der Waals surface area contributed by atoms with Crippen LogP contribution in [-0.2, 0) is 5.41 Å². The maximum absolute atomic E-state index is 6.59. The first-order chi connectivity index (χ1) is 25.0. The van der Waals surface area contributed by atoms with Crippen LogP contribution in [-0.4, -0.2) is 4.98 Å². The Labute approximate surface area is 297 Å². The molecule has 5 heteroatoms. The van der Waals surface area contributed by atoms with Crippen LogP contribution in [0.2, 0.25) is 0 Å². The molecule has 0 atom stereocenters. The molecule has 0 radical (unpaired) electrons. The van der Waals surface area contributed by atoms with Crippen LogP contribution in [0.1, 0.15) is 25.0 Å². The van der Waals surface area contributed by atoms with Gasteiger partial charge in [0.2, 0.25) is 5.89 Å². The first-order valence-corrected chi connectivity index (χ1v) is 18.1. The molecule has 0 amide bonds. The molecule has 0 bridgehead atoms. The number of benzene rings is 7. The van der Waals surface area contributed by atoms with Gasteiger partial charge in [-0.3, -0.25) is 0 Å². The van der Waals surface area contributed by atoms with Crippen LogP contribution in [0.25, 0.3) is 75.8 Å². The Bertz CT molecular complexity index is 3020. The number of fused-ring (bicyclic) bond motifs is 10. The molecule has 7 aromatic carbocycles. The molecule has 3 aromatic heterocycles. The van der Waals surface area contributed by atoms with Crippen LogP contribution >= 0.6 is 11.3 Å². The number of furan rings is 1. The van der Waals surface area contributed by atoms with Crippen molar-refractivity contribution in [1.29, 1.82) is 0 Å². The van der Waals surface area contributed by atoms with Gasteiger partial charge < -0.3 is 13.7 Å². The van der Waals surface area contributed by atoms with Gasteiger partial charge in [-0.1, -0.05) is 86.6 Å². The highest BCUT2D eigenvalue weighted by Crippen LogP contribution is 2.51. The fourth-order valence-corrected chi connectivity index (χ4v) is 9.30. The SMILES string of the molecule is CC1(C)c2ccccc2-c2ccc(N(c3ccc4c(c3)oc3cc5nc(-c6ccccc6)oc5cc34)c3ccc4c(c3)sc3ccccc34)cc21. The molecule has 4 nitrogen and oxygen atoms in total. The van der Waals surface area contributed by atoms with E-state index in [4.69, 9.17) is 13.8 Å². The highest BCUT2D eigenvalue weighted by Gasteiger charge is 2.35. The fraction of sp³-hybridized carbons (Fsp3) is 0.0652. The van der Waals surface area contributed by atoms with Crippen molar-refractivity contribution in [3.63, 3.8) is 0 Å². The maximum atomic E-state index is 6.59. The Morgan fingerprint density at radius 3 is 2.10 bits per heavy atom. The Kier molecular flexibility index (Phi) is 5.85. The lowest BCUT2D eigenvalue weighted by molar-refractivity contribution is 0.620. The zero-order valence-electron chi connectivity index (χ0n) is 28.0. The van der Waals surface area contributed by atoms with Crippen molar-refractivity contribution in [2.75, 3.05) is 4.90 Å². The Balaban J connectivity index is 1.08. The summed E-state index contributed by atoms with van der Waals surface area (Å²) in [5, 5.41) is 4.63. The van der Waals surface area contributed by atoms with E-state index in [0.717, 1.165) is 55.7 Å². The van der Waals surface area contributed by atoms with E-state index in [1.807, 2.05) is 47.7 Å². The minimum Gasteiger partial charge on any atom is -0.456 e. The third-order valence-electron chi connectivity index (χ3n) is 10.7. The van der Waals surface area contributed by atoms with Gasteiger partial charge in [-0.05, 0) is 82.9 Å². The highest BCUT2D eigenvalue weighted by molar-refractivity contribution is 7.25. The summed E-state index contributed by atoms with van der Waals surface area (Å²) in [5.41, 5.74) is 12.6. The van der Waals surface area contributed by atoms with E-state index in [0.29, 0.717) is 5.89 Å². The van der Waals surface area contributed by atoms with E-state index in [1.165, 1.54) is 42.4 Å². The average Bonchev–Trinajstić information content (AvgIpc) is 3.90. The predicted octanol–water partition coefficient (Wildman–Crippen LogP) is 13.5. The average molecular weight is 675 g/mol. The summed E-state index contributed by atoms with van der Waals surface area (Å²) >= 11 is 1.84. The molecule has 0 spiro atoms. The van der Waals surface area contributed by atoms with Crippen molar-refractivity contribution >= 4 is 81.6 Å². The Hall–Kier alpha value is -6.17. The maximum Gasteiger partial charge on any atom is 0.227 e. The standard InChI is InChI=1S/C46H30N2O2S/c1-46(2)37-14-8-6-12-31(37)32-19-16-28(22-38(32)46)48(30-18-21-35-34-13-7-9-15-43(34)51-44(35)24-30)29-17-20-33-36-25-42-39(26-41(36)49-40(33)23-29)47-45(50-42)27-10-4-3-5-11-27/h3-26H,1-2H3. The summed E-state index contributed by atoms with van der Waals surface area (Å²) in [6.45, 7) is 4.67. The molecule has 0 aliphatic heterocycles. The first-order valence-electron chi connectivity index (χ1n) is 17.3. The van der Waals surface area contributed by atoms with E-state index in [2.05, 4.69) is 128 Å². The molecule has 242 valence electrons. The second-order valence-electron chi connectivity index (χ2n) is 14.0. The van der Waals surface area contributed by atoms with Crippen LogP contribution in [0, 0.1) is 0 Å². The lowest BCUT2D eigenvalue weighted by atomic mass is 9.82. The van der Waals surface area contributed by atoms with Crippen molar-refractivity contribution in [3.8, 4) is 22.6 Å². The van der Waals surface area contributed by atoms with Gasteiger partial charge in [-0.15, -0.1) is 11.3 Å². The molecule has 0 unspecified atom stereocenters. The molecule has 1 aliphatic rings. The van der Waals surface area contributed by atoms with Crippen LogP contribution in [0.15, 0.2) is 154 Å². The van der Waals surface area contributed by atoms with Crippen LogP contribution in [0.3, 0.4) is 0 Å². The zero-order valence-corrected chi connectivity index (χ0v) is 28.8. The van der Waals surface area contributed by atoms with Crippen molar-refractivity contribution in [3.05, 3.63) is 157 Å². The second-order valence-corrected chi connectivity index (χ2v) is 15.1. The third-order valence-corrected chi connectivity index (χ3v) is 11.8. The van der Waals surface area contributed by atoms with Gasteiger partial charge in [-0.2, -0.15) is 0 Å². The summed E-state index contributed by atoms with van der Waals surface area (Å²) in [6.07, 6.45) is 0. The zero-order chi connectivity index (χ0) is 33.8. The Morgan fingerprint density at radius 2 is 1.20 bits per heavy atom. The van der Waals surface area contributed by atoms with Gasteiger partial charge in [0.05, 0.1) is 0 Å². The smallest absolute Gasteiger partial charge is 0.227 e. The molecular formula is C46H30N2O2S. The van der Waals surface area contributed by atoms with Gasteiger partial charge in [0.15, 0.2) is 5.58 Å². The van der Waals surface area contributed by atoms with Crippen LogP contribution in [0.5, 0.6) is 0 Å². The normalized spacial score (nSPS) is 13.5. The van der Waals surface area contributed by atoms with Crippen molar-refractivity contribution in [2.45, 2.75) is 19.3 Å².